The van der Waals surface area contributed by atoms with Crippen LogP contribution < -0.4 is 15.8 Å². The number of carbonyl (C=O) groups is 1. The highest BCUT2D eigenvalue weighted by Crippen LogP contribution is 2.15. The van der Waals surface area contributed by atoms with Gasteiger partial charge in [-0.05, 0) is 56.5 Å². The van der Waals surface area contributed by atoms with Crippen molar-refractivity contribution in [2.45, 2.75) is 37.2 Å². The third-order valence-electron chi connectivity index (χ3n) is 2.79. The molecule has 0 fully saturated rings. The fourth-order valence-corrected chi connectivity index (χ4v) is 3.45. The second kappa shape index (κ2) is 10.1. The Morgan fingerprint density at radius 1 is 1.26 bits per heavy atom. The number of nitrogens with two attached hydrogens (primary N) is 1. The summed E-state index contributed by atoms with van der Waals surface area (Å²) < 4.78 is 26.5. The highest BCUT2D eigenvalue weighted by Gasteiger charge is 2.16. The molecule has 0 aliphatic heterocycles. The van der Waals surface area contributed by atoms with E-state index in [2.05, 4.69) is 10.0 Å². The van der Waals surface area contributed by atoms with E-state index in [4.69, 9.17) is 5.73 Å². The molecule has 4 N–H and O–H groups in total. The molecule has 0 aliphatic carbocycles. The maximum absolute atomic E-state index is 12.0. The van der Waals surface area contributed by atoms with E-state index >= 15 is 0 Å². The lowest BCUT2D eigenvalue weighted by Crippen LogP contribution is -2.36. The number of amides is 1. The van der Waals surface area contributed by atoms with E-state index in [-0.39, 0.29) is 29.3 Å². The number of rotatable bonds is 8. The van der Waals surface area contributed by atoms with Crippen molar-refractivity contribution in [3.8, 4) is 0 Å². The van der Waals surface area contributed by atoms with Crippen molar-refractivity contribution in [1.82, 2.24) is 4.72 Å². The molecule has 0 aliphatic rings. The molecule has 0 saturated heterocycles. The Hall–Kier alpha value is -0.800. The van der Waals surface area contributed by atoms with Crippen molar-refractivity contribution in [1.29, 1.82) is 0 Å². The quantitative estimate of drug-likeness (QED) is 0.637. The van der Waals surface area contributed by atoms with Gasteiger partial charge in [0.1, 0.15) is 0 Å². The van der Waals surface area contributed by atoms with Crippen molar-refractivity contribution in [3.05, 3.63) is 24.3 Å². The topological polar surface area (TPSA) is 101 Å². The van der Waals surface area contributed by atoms with Crippen LogP contribution in [0.15, 0.2) is 29.2 Å². The number of hydrogen-bond acceptors (Lipinski definition) is 5. The van der Waals surface area contributed by atoms with Gasteiger partial charge in [-0.3, -0.25) is 4.79 Å². The van der Waals surface area contributed by atoms with Gasteiger partial charge in [0.05, 0.1) is 10.9 Å². The van der Waals surface area contributed by atoms with Crippen molar-refractivity contribution in [3.63, 3.8) is 0 Å². The monoisotopic (exact) mass is 381 g/mol. The van der Waals surface area contributed by atoms with Gasteiger partial charge in [-0.2, -0.15) is 11.8 Å². The molecule has 1 aromatic rings. The Morgan fingerprint density at radius 2 is 1.83 bits per heavy atom. The predicted molar refractivity (Wildman–Crippen MR) is 98.8 cm³/mol. The fraction of sp³-hybridized carbons (Fsp3) is 0.500. The van der Waals surface area contributed by atoms with Crippen LogP contribution in [0.1, 0.15) is 20.3 Å². The first-order valence-corrected chi connectivity index (χ1v) is 9.81. The van der Waals surface area contributed by atoms with Gasteiger partial charge in [-0.15, -0.1) is 12.4 Å². The van der Waals surface area contributed by atoms with E-state index in [1.165, 1.54) is 12.1 Å². The average molecular weight is 382 g/mol. The highest BCUT2D eigenvalue weighted by molar-refractivity contribution is 7.98. The zero-order valence-corrected chi connectivity index (χ0v) is 15.9. The number of hydrogen-bond donors (Lipinski definition) is 3. The zero-order valence-electron chi connectivity index (χ0n) is 13.4. The van der Waals surface area contributed by atoms with Crippen LogP contribution in [0.25, 0.3) is 0 Å². The number of halogens is 1. The second-order valence-electron chi connectivity index (χ2n) is 5.18. The Kier molecular flexibility index (Phi) is 9.79. The van der Waals surface area contributed by atoms with E-state index in [9.17, 15) is 13.2 Å². The van der Waals surface area contributed by atoms with Gasteiger partial charge in [0, 0.05) is 11.7 Å². The summed E-state index contributed by atoms with van der Waals surface area (Å²) >= 11 is 1.63. The molecule has 0 bridgehead atoms. The minimum atomic E-state index is -3.52. The fourth-order valence-electron chi connectivity index (χ4n) is 1.71. The minimum absolute atomic E-state index is 0. The number of thioether (sulfide) groups is 1. The maximum Gasteiger partial charge on any atom is 0.241 e. The van der Waals surface area contributed by atoms with Crippen LogP contribution in [0.5, 0.6) is 0 Å². The minimum Gasteiger partial charge on any atom is -0.325 e. The van der Waals surface area contributed by atoms with Crippen LogP contribution in [-0.4, -0.2) is 38.4 Å². The summed E-state index contributed by atoms with van der Waals surface area (Å²) in [6.45, 7) is 3.50. The van der Waals surface area contributed by atoms with Gasteiger partial charge in [-0.25, -0.2) is 13.1 Å². The normalized spacial score (nSPS) is 12.6. The van der Waals surface area contributed by atoms with Crippen LogP contribution in [0.2, 0.25) is 0 Å². The highest BCUT2D eigenvalue weighted by atomic mass is 35.5. The third-order valence-corrected chi connectivity index (χ3v) is 5.11. The molecule has 1 amide bonds. The largest absolute Gasteiger partial charge is 0.325 e. The molecule has 0 unspecified atom stereocenters. The van der Waals surface area contributed by atoms with Crippen molar-refractivity contribution < 1.29 is 13.2 Å². The molecule has 6 nitrogen and oxygen atoms in total. The molecule has 23 heavy (non-hydrogen) atoms. The summed E-state index contributed by atoms with van der Waals surface area (Å²) in [6, 6.07) is 5.25. The first kappa shape index (κ1) is 22.2. The van der Waals surface area contributed by atoms with Crippen LogP contribution >= 0.6 is 24.2 Å². The maximum atomic E-state index is 12.0. The van der Waals surface area contributed by atoms with Gasteiger partial charge >= 0.3 is 0 Å². The van der Waals surface area contributed by atoms with Crippen LogP contribution in [0.4, 0.5) is 5.69 Å². The predicted octanol–water partition coefficient (Wildman–Crippen LogP) is 1.81. The molecule has 9 heteroatoms. The molecule has 0 heterocycles. The first-order valence-electron chi connectivity index (χ1n) is 6.94. The Labute approximate surface area is 148 Å². The molecule has 1 rings (SSSR count). The van der Waals surface area contributed by atoms with Gasteiger partial charge in [0.25, 0.3) is 0 Å². The summed E-state index contributed by atoms with van der Waals surface area (Å²) in [5.74, 6) is 0.539. The van der Waals surface area contributed by atoms with Crippen molar-refractivity contribution in [2.75, 3.05) is 17.3 Å². The smallest absolute Gasteiger partial charge is 0.241 e. The van der Waals surface area contributed by atoms with Gasteiger partial charge in [0.2, 0.25) is 15.9 Å². The molecule has 132 valence electrons. The van der Waals surface area contributed by atoms with Crippen LogP contribution in [0, 0.1) is 0 Å². The Balaban J connectivity index is 0.00000484. The van der Waals surface area contributed by atoms with Crippen LogP contribution in [0.3, 0.4) is 0 Å². The second-order valence-corrected chi connectivity index (χ2v) is 7.88. The van der Waals surface area contributed by atoms with E-state index in [0.717, 1.165) is 5.75 Å². The zero-order chi connectivity index (χ0) is 16.8. The number of anilines is 1. The SMILES string of the molecule is CSCC[C@H](N)C(=O)Nc1ccc(S(=O)(=O)NC(C)C)cc1.Cl. The molecular formula is C14H24ClN3O3S2. The molecule has 0 spiro atoms. The number of carbonyl (C=O) groups excluding carboxylic acids is 1. The molecule has 0 radical (unpaired) electrons. The lowest BCUT2D eigenvalue weighted by atomic mass is 10.2. The lowest BCUT2D eigenvalue weighted by molar-refractivity contribution is -0.117. The summed E-state index contributed by atoms with van der Waals surface area (Å²) in [7, 11) is -3.52. The van der Waals surface area contributed by atoms with Crippen molar-refractivity contribution in [2.24, 2.45) is 5.73 Å². The molecule has 0 saturated carbocycles. The molecule has 1 atom stereocenters. The summed E-state index contributed by atoms with van der Waals surface area (Å²) in [4.78, 5) is 12.0. The van der Waals surface area contributed by atoms with Crippen LogP contribution in [-0.2, 0) is 14.8 Å². The van der Waals surface area contributed by atoms with E-state index in [0.29, 0.717) is 12.1 Å². The van der Waals surface area contributed by atoms with E-state index in [1.807, 2.05) is 6.26 Å². The van der Waals surface area contributed by atoms with Gasteiger partial charge in [-0.1, -0.05) is 0 Å². The average Bonchev–Trinajstić information content (AvgIpc) is 2.43. The third kappa shape index (κ3) is 7.54. The van der Waals surface area contributed by atoms with Gasteiger partial charge < -0.3 is 11.1 Å². The molecule has 0 aromatic heterocycles. The first-order chi connectivity index (χ1) is 10.3. The Morgan fingerprint density at radius 3 is 2.30 bits per heavy atom. The number of benzene rings is 1. The number of sulfonamides is 1. The number of nitrogens with one attached hydrogen (secondary N) is 2. The summed E-state index contributed by atoms with van der Waals surface area (Å²) in [6.07, 6.45) is 2.55. The van der Waals surface area contributed by atoms with E-state index < -0.39 is 16.1 Å². The lowest BCUT2D eigenvalue weighted by Gasteiger charge is -2.13. The van der Waals surface area contributed by atoms with Crippen molar-refractivity contribution >= 4 is 45.8 Å². The summed E-state index contributed by atoms with van der Waals surface area (Å²) in [5, 5.41) is 2.68. The summed E-state index contributed by atoms with van der Waals surface area (Å²) in [5.41, 5.74) is 6.30. The standard InChI is InChI=1S/C14H23N3O3S2.ClH/c1-10(2)17-22(19,20)12-6-4-11(5-7-12)16-14(18)13(15)8-9-21-3;/h4-7,10,13,17H,8-9,15H2,1-3H3,(H,16,18);1H/t13-;/m0./s1. The van der Waals surface area contributed by atoms with Gasteiger partial charge in [0.15, 0.2) is 0 Å². The Bertz CT molecular complexity index is 592. The van der Waals surface area contributed by atoms with E-state index in [1.54, 1.807) is 37.7 Å². The molecular weight excluding hydrogens is 358 g/mol. The molecule has 1 aromatic carbocycles.